The minimum atomic E-state index is -4.64. The second-order valence-electron chi connectivity index (χ2n) is 7.98. The van der Waals surface area contributed by atoms with Crippen LogP contribution in [-0.2, 0) is 15.7 Å². The van der Waals surface area contributed by atoms with E-state index in [-0.39, 0.29) is 17.5 Å². The molecule has 4 nitrogen and oxygen atoms in total. The Labute approximate surface area is 179 Å². The monoisotopic (exact) mass is 438 g/mol. The predicted octanol–water partition coefficient (Wildman–Crippen LogP) is 5.67. The lowest BCUT2D eigenvalue weighted by molar-refractivity contribution is -0.137. The van der Waals surface area contributed by atoms with Crippen LogP contribution in [-0.4, -0.2) is 26.7 Å². The summed E-state index contributed by atoms with van der Waals surface area (Å²) >= 11 is 0. The van der Waals surface area contributed by atoms with Gasteiger partial charge in [0.1, 0.15) is 5.82 Å². The van der Waals surface area contributed by atoms with E-state index in [1.54, 1.807) is 7.11 Å². The molecule has 2 aromatic carbocycles. The normalized spacial score (nSPS) is 21.5. The third kappa shape index (κ3) is 5.76. The summed E-state index contributed by atoms with van der Waals surface area (Å²) in [5.41, 5.74) is 0.756. The van der Waals surface area contributed by atoms with Crippen molar-refractivity contribution in [1.29, 1.82) is 0 Å². The lowest BCUT2D eigenvalue weighted by Gasteiger charge is -2.34. The predicted molar refractivity (Wildman–Crippen MR) is 111 cm³/mol. The van der Waals surface area contributed by atoms with E-state index < -0.39 is 29.4 Å². The number of methoxy groups -OCH3 is 1. The van der Waals surface area contributed by atoms with Gasteiger partial charge in [0.2, 0.25) is 5.91 Å². The Morgan fingerprint density at radius 2 is 1.81 bits per heavy atom. The molecule has 3 unspecified atom stereocenters. The Kier molecular flexibility index (Phi) is 7.20. The maximum absolute atomic E-state index is 14.2. The molecule has 8 heteroatoms. The number of benzene rings is 2. The number of alkyl halides is 3. The molecule has 1 aliphatic rings. The molecular weight excluding hydrogens is 412 g/mol. The molecule has 3 atom stereocenters. The van der Waals surface area contributed by atoms with E-state index in [2.05, 4.69) is 10.6 Å². The molecule has 1 fully saturated rings. The van der Waals surface area contributed by atoms with Gasteiger partial charge in [0.15, 0.2) is 0 Å². The van der Waals surface area contributed by atoms with E-state index in [0.29, 0.717) is 25.5 Å². The average Bonchev–Trinajstić information content (AvgIpc) is 2.74. The van der Waals surface area contributed by atoms with Crippen molar-refractivity contribution in [1.82, 2.24) is 0 Å². The highest BCUT2D eigenvalue weighted by Crippen LogP contribution is 2.40. The van der Waals surface area contributed by atoms with Crippen LogP contribution in [0.15, 0.2) is 42.5 Å². The van der Waals surface area contributed by atoms with Crippen molar-refractivity contribution < 1.29 is 27.1 Å². The van der Waals surface area contributed by atoms with Gasteiger partial charge in [-0.1, -0.05) is 12.1 Å². The third-order valence-corrected chi connectivity index (χ3v) is 5.80. The number of ether oxygens (including phenoxy) is 1. The molecule has 0 aliphatic heterocycles. The number of halogens is 4. The smallest absolute Gasteiger partial charge is 0.388 e. The average molecular weight is 438 g/mol. The zero-order valence-electron chi connectivity index (χ0n) is 17.4. The van der Waals surface area contributed by atoms with Gasteiger partial charge in [-0.05, 0) is 67.0 Å². The molecule has 0 radical (unpaired) electrons. The van der Waals surface area contributed by atoms with E-state index in [1.165, 1.54) is 0 Å². The quantitative estimate of drug-likeness (QED) is 0.572. The lowest BCUT2D eigenvalue weighted by atomic mass is 9.72. The van der Waals surface area contributed by atoms with Gasteiger partial charge in [0.05, 0.1) is 11.3 Å². The van der Waals surface area contributed by atoms with Gasteiger partial charge in [-0.25, -0.2) is 4.39 Å². The molecule has 1 aliphatic carbocycles. The zero-order valence-corrected chi connectivity index (χ0v) is 17.4. The Balaban J connectivity index is 1.75. The summed E-state index contributed by atoms with van der Waals surface area (Å²) in [6.07, 6.45) is -2.62. The molecule has 3 rings (SSSR count). The van der Waals surface area contributed by atoms with Gasteiger partial charge in [-0.2, -0.15) is 13.2 Å². The Morgan fingerprint density at radius 3 is 2.39 bits per heavy atom. The van der Waals surface area contributed by atoms with Crippen molar-refractivity contribution in [3.8, 4) is 0 Å². The van der Waals surface area contributed by atoms with Crippen molar-refractivity contribution in [2.75, 3.05) is 31.4 Å². The van der Waals surface area contributed by atoms with E-state index in [4.69, 9.17) is 4.74 Å². The summed E-state index contributed by atoms with van der Waals surface area (Å²) in [5.74, 6) is -1.61. The molecular formula is C23H26F4N2O2. The third-order valence-electron chi connectivity index (χ3n) is 5.80. The summed E-state index contributed by atoms with van der Waals surface area (Å²) in [5, 5.41) is 5.55. The Hall–Kier alpha value is -2.61. The largest absolute Gasteiger partial charge is 0.416 e. The highest BCUT2D eigenvalue weighted by molar-refractivity contribution is 5.92. The standard InChI is InChI=1S/C23H26F4N2O2/c1-28-19-6-3-15(4-7-19)16-9-14(13-31-2)10-17(11-16)22(30)29-21-8-5-18(12-20(21)24)23(25,26)27/h3-8,12,14,16-17,28H,9-11,13H2,1-2H3,(H,29,30). The summed E-state index contributed by atoms with van der Waals surface area (Å²) in [4.78, 5) is 12.9. The molecule has 0 spiro atoms. The summed E-state index contributed by atoms with van der Waals surface area (Å²) in [6.45, 7) is 0.503. The fourth-order valence-corrected chi connectivity index (χ4v) is 4.24. The van der Waals surface area contributed by atoms with E-state index in [1.807, 2.05) is 31.3 Å². The number of carbonyl (C=O) groups is 1. The first-order chi connectivity index (χ1) is 14.7. The maximum atomic E-state index is 14.2. The van der Waals surface area contributed by atoms with Crippen LogP contribution < -0.4 is 10.6 Å². The minimum Gasteiger partial charge on any atom is -0.388 e. The Morgan fingerprint density at radius 1 is 1.10 bits per heavy atom. The molecule has 0 bridgehead atoms. The van der Waals surface area contributed by atoms with Gasteiger partial charge in [0, 0.05) is 32.4 Å². The fourth-order valence-electron chi connectivity index (χ4n) is 4.24. The number of rotatable bonds is 6. The van der Waals surface area contributed by atoms with Gasteiger partial charge in [-0.15, -0.1) is 0 Å². The molecule has 1 amide bonds. The summed E-state index contributed by atoms with van der Waals surface area (Å²) < 4.78 is 57.7. The first kappa shape index (κ1) is 23.1. The van der Waals surface area contributed by atoms with Crippen LogP contribution in [0.4, 0.5) is 28.9 Å². The van der Waals surface area contributed by atoms with Gasteiger partial charge >= 0.3 is 6.18 Å². The van der Waals surface area contributed by atoms with Crippen LogP contribution >= 0.6 is 0 Å². The van der Waals surface area contributed by atoms with Crippen LogP contribution in [0.1, 0.15) is 36.3 Å². The SMILES string of the molecule is CNc1ccc(C2CC(COC)CC(C(=O)Nc3ccc(C(F)(F)F)cc3F)C2)cc1. The van der Waals surface area contributed by atoms with E-state index in [9.17, 15) is 22.4 Å². The minimum absolute atomic E-state index is 0.132. The molecule has 2 aromatic rings. The number of carbonyl (C=O) groups excluding carboxylic acids is 1. The Bertz CT molecular complexity index is 899. The van der Waals surface area contributed by atoms with Gasteiger partial charge < -0.3 is 15.4 Å². The van der Waals surface area contributed by atoms with Crippen LogP contribution in [0.3, 0.4) is 0 Å². The summed E-state index contributed by atoms with van der Waals surface area (Å²) in [6, 6.07) is 10.1. The first-order valence-corrected chi connectivity index (χ1v) is 10.2. The van der Waals surface area contributed by atoms with Crippen molar-refractivity contribution in [2.24, 2.45) is 11.8 Å². The van der Waals surface area contributed by atoms with E-state index >= 15 is 0 Å². The summed E-state index contributed by atoms with van der Waals surface area (Å²) in [7, 11) is 3.45. The molecule has 2 N–H and O–H groups in total. The van der Waals surface area contributed by atoms with Gasteiger partial charge in [-0.3, -0.25) is 4.79 Å². The molecule has 1 saturated carbocycles. The molecule has 0 aromatic heterocycles. The number of amides is 1. The number of nitrogens with one attached hydrogen (secondary N) is 2. The van der Waals surface area contributed by atoms with E-state index in [0.717, 1.165) is 29.8 Å². The zero-order chi connectivity index (χ0) is 22.6. The molecule has 31 heavy (non-hydrogen) atoms. The molecule has 0 saturated heterocycles. The van der Waals surface area contributed by atoms with Gasteiger partial charge in [0.25, 0.3) is 0 Å². The van der Waals surface area contributed by atoms with Crippen molar-refractivity contribution >= 4 is 17.3 Å². The fraction of sp³-hybridized carbons (Fsp3) is 0.435. The topological polar surface area (TPSA) is 50.4 Å². The number of hydrogen-bond donors (Lipinski definition) is 2. The van der Waals surface area contributed by atoms with Crippen molar-refractivity contribution in [2.45, 2.75) is 31.4 Å². The van der Waals surface area contributed by atoms with Crippen molar-refractivity contribution in [3.63, 3.8) is 0 Å². The number of anilines is 2. The highest BCUT2D eigenvalue weighted by atomic mass is 19.4. The number of hydrogen-bond acceptors (Lipinski definition) is 3. The lowest BCUT2D eigenvalue weighted by Crippen LogP contribution is -2.33. The molecule has 168 valence electrons. The second kappa shape index (κ2) is 9.68. The van der Waals surface area contributed by atoms with Crippen LogP contribution in [0.2, 0.25) is 0 Å². The second-order valence-corrected chi connectivity index (χ2v) is 7.98. The van der Waals surface area contributed by atoms with Crippen molar-refractivity contribution in [3.05, 3.63) is 59.4 Å². The van der Waals surface area contributed by atoms with Crippen LogP contribution in [0, 0.1) is 17.7 Å². The maximum Gasteiger partial charge on any atom is 0.416 e. The highest BCUT2D eigenvalue weighted by Gasteiger charge is 2.35. The van der Waals surface area contributed by atoms with Crippen LogP contribution in [0.25, 0.3) is 0 Å². The van der Waals surface area contributed by atoms with Crippen LogP contribution in [0.5, 0.6) is 0 Å². The first-order valence-electron chi connectivity index (χ1n) is 10.2. The molecule has 0 heterocycles.